The first-order chi connectivity index (χ1) is 16.0. The molecule has 2 aromatic carbocycles. The number of anilines is 4. The van der Waals surface area contributed by atoms with Gasteiger partial charge in [-0.25, -0.2) is 4.98 Å². The van der Waals surface area contributed by atoms with Gasteiger partial charge in [-0.3, -0.25) is 4.79 Å². The molecule has 1 amide bonds. The Morgan fingerprint density at radius 3 is 2.68 bits per heavy atom. The fraction of sp³-hybridized carbons (Fsp3) is 0.261. The van der Waals surface area contributed by atoms with Gasteiger partial charge in [-0.1, -0.05) is 12.1 Å². The number of methoxy groups -OCH3 is 1. The van der Waals surface area contributed by atoms with Crippen molar-refractivity contribution >= 4 is 29.0 Å². The summed E-state index contributed by atoms with van der Waals surface area (Å²) in [6, 6.07) is 9.46. The summed E-state index contributed by atoms with van der Waals surface area (Å²) in [6.45, 7) is 3.52. The molecule has 0 spiro atoms. The maximum atomic E-state index is 13.6. The van der Waals surface area contributed by atoms with Crippen LogP contribution in [-0.4, -0.2) is 28.1 Å². The predicted octanol–water partition coefficient (Wildman–Crippen LogP) is 4.80. The molecule has 1 aliphatic rings. The van der Waals surface area contributed by atoms with E-state index < -0.39 is 23.0 Å². The van der Waals surface area contributed by atoms with Gasteiger partial charge in [-0.15, -0.1) is 0 Å². The van der Waals surface area contributed by atoms with Gasteiger partial charge in [0, 0.05) is 24.5 Å². The first kappa shape index (κ1) is 23.1. The molecule has 0 radical (unpaired) electrons. The number of carbonyl (C=O) groups is 1. The largest absolute Gasteiger partial charge is 0.508 e. The van der Waals surface area contributed by atoms with E-state index in [0.29, 0.717) is 23.1 Å². The summed E-state index contributed by atoms with van der Waals surface area (Å²) in [5.41, 5.74) is 0.531. The fourth-order valence-corrected chi connectivity index (χ4v) is 3.85. The van der Waals surface area contributed by atoms with Gasteiger partial charge in [0.05, 0.1) is 18.2 Å². The maximum Gasteiger partial charge on any atom is 0.421 e. The van der Waals surface area contributed by atoms with Crippen molar-refractivity contribution in [2.24, 2.45) is 0 Å². The third-order valence-corrected chi connectivity index (χ3v) is 5.56. The number of carbonyl (C=O) groups excluding carboxylic acids is 1. The summed E-state index contributed by atoms with van der Waals surface area (Å²) in [6.07, 6.45) is -4.00. The van der Waals surface area contributed by atoms with Crippen LogP contribution in [0.15, 0.2) is 42.6 Å². The molecule has 0 fully saturated rings. The SMILES string of the molecule is COc1cc(O)ccc1Nc1ncc(C(F)(F)F)c(NCc2cccc3c2C(C)(C)C(=O)N3)n1. The van der Waals surface area contributed by atoms with Crippen molar-refractivity contribution in [1.29, 1.82) is 0 Å². The van der Waals surface area contributed by atoms with E-state index >= 15 is 0 Å². The predicted molar refractivity (Wildman–Crippen MR) is 120 cm³/mol. The van der Waals surface area contributed by atoms with Crippen LogP contribution < -0.4 is 20.7 Å². The van der Waals surface area contributed by atoms with E-state index in [4.69, 9.17) is 4.74 Å². The third kappa shape index (κ3) is 4.28. The van der Waals surface area contributed by atoms with E-state index in [-0.39, 0.29) is 29.9 Å². The van der Waals surface area contributed by atoms with Gasteiger partial charge < -0.3 is 25.8 Å². The van der Waals surface area contributed by atoms with E-state index in [9.17, 15) is 23.1 Å². The van der Waals surface area contributed by atoms with Crippen molar-refractivity contribution in [2.45, 2.75) is 32.0 Å². The molecule has 34 heavy (non-hydrogen) atoms. The number of phenolic OH excluding ortho intramolecular Hbond substituents is 1. The van der Waals surface area contributed by atoms with Crippen LogP contribution in [0.4, 0.5) is 36.3 Å². The number of aromatic nitrogens is 2. The highest BCUT2D eigenvalue weighted by atomic mass is 19.4. The number of amides is 1. The third-order valence-electron chi connectivity index (χ3n) is 5.56. The van der Waals surface area contributed by atoms with Crippen molar-refractivity contribution in [3.05, 3.63) is 59.3 Å². The van der Waals surface area contributed by atoms with Crippen molar-refractivity contribution in [1.82, 2.24) is 9.97 Å². The molecule has 178 valence electrons. The average Bonchev–Trinajstić information content (AvgIpc) is 3.01. The molecule has 0 bridgehead atoms. The number of hydrogen-bond donors (Lipinski definition) is 4. The van der Waals surface area contributed by atoms with Gasteiger partial charge >= 0.3 is 6.18 Å². The molecular formula is C23H22F3N5O3. The second-order valence-corrected chi connectivity index (χ2v) is 8.24. The smallest absolute Gasteiger partial charge is 0.421 e. The van der Waals surface area contributed by atoms with Crippen LogP contribution in [0.5, 0.6) is 11.5 Å². The Kier molecular flexibility index (Phi) is 5.72. The molecule has 0 saturated heterocycles. The molecule has 0 atom stereocenters. The van der Waals surface area contributed by atoms with Crippen LogP contribution in [-0.2, 0) is 22.9 Å². The lowest BCUT2D eigenvalue weighted by molar-refractivity contribution is -0.137. The van der Waals surface area contributed by atoms with E-state index in [2.05, 4.69) is 25.9 Å². The number of aromatic hydroxyl groups is 1. The molecule has 0 saturated carbocycles. The number of ether oxygens (including phenoxy) is 1. The Balaban J connectivity index is 1.66. The Labute approximate surface area is 193 Å². The number of halogens is 3. The molecule has 0 unspecified atom stereocenters. The second kappa shape index (κ2) is 8.40. The number of alkyl halides is 3. The summed E-state index contributed by atoms with van der Waals surface area (Å²) in [5, 5.41) is 18.0. The minimum Gasteiger partial charge on any atom is -0.508 e. The van der Waals surface area contributed by atoms with Crippen molar-refractivity contribution in [3.8, 4) is 11.5 Å². The van der Waals surface area contributed by atoms with Gasteiger partial charge in [0.15, 0.2) is 0 Å². The zero-order valence-corrected chi connectivity index (χ0v) is 18.5. The number of nitrogens with zero attached hydrogens (tertiary/aromatic N) is 2. The van der Waals surface area contributed by atoms with Crippen molar-refractivity contribution in [2.75, 3.05) is 23.1 Å². The van der Waals surface area contributed by atoms with E-state index in [0.717, 1.165) is 5.56 Å². The lowest BCUT2D eigenvalue weighted by Crippen LogP contribution is -2.28. The van der Waals surface area contributed by atoms with E-state index in [1.54, 1.807) is 32.0 Å². The normalized spacial score (nSPS) is 14.4. The minimum atomic E-state index is -4.69. The minimum absolute atomic E-state index is 0.00360. The number of fused-ring (bicyclic) bond motifs is 1. The first-order valence-corrected chi connectivity index (χ1v) is 10.3. The molecule has 3 aromatic rings. The summed E-state index contributed by atoms with van der Waals surface area (Å²) in [5.74, 6) is -0.477. The average molecular weight is 473 g/mol. The highest BCUT2D eigenvalue weighted by Gasteiger charge is 2.40. The Hall–Kier alpha value is -4.02. The second-order valence-electron chi connectivity index (χ2n) is 8.24. The van der Waals surface area contributed by atoms with Crippen molar-refractivity contribution in [3.63, 3.8) is 0 Å². The van der Waals surface area contributed by atoms with Gasteiger partial charge in [-0.2, -0.15) is 18.2 Å². The maximum absolute atomic E-state index is 13.6. The molecule has 8 nitrogen and oxygen atoms in total. The molecule has 1 aromatic heterocycles. The van der Waals surface area contributed by atoms with Gasteiger partial charge in [-0.05, 0) is 43.2 Å². The van der Waals surface area contributed by atoms with Gasteiger partial charge in [0.25, 0.3) is 0 Å². The zero-order chi connectivity index (χ0) is 24.7. The summed E-state index contributed by atoms with van der Waals surface area (Å²) in [4.78, 5) is 20.1. The lowest BCUT2D eigenvalue weighted by Gasteiger charge is -2.20. The summed E-state index contributed by atoms with van der Waals surface area (Å²) >= 11 is 0. The van der Waals surface area contributed by atoms with Gasteiger partial charge in [0.1, 0.15) is 22.9 Å². The van der Waals surface area contributed by atoms with Gasteiger partial charge in [0.2, 0.25) is 11.9 Å². The molecule has 1 aliphatic heterocycles. The van der Waals surface area contributed by atoms with Crippen molar-refractivity contribution < 1.29 is 27.8 Å². The number of nitrogens with one attached hydrogen (secondary N) is 3. The monoisotopic (exact) mass is 473 g/mol. The molecule has 0 aliphatic carbocycles. The van der Waals surface area contributed by atoms with E-state index in [1.165, 1.54) is 25.3 Å². The number of benzene rings is 2. The molecule has 2 heterocycles. The molecule has 11 heteroatoms. The molecule has 4 N–H and O–H groups in total. The number of rotatable bonds is 6. The highest BCUT2D eigenvalue weighted by Crippen LogP contribution is 2.40. The first-order valence-electron chi connectivity index (χ1n) is 10.3. The fourth-order valence-electron chi connectivity index (χ4n) is 3.85. The molecular weight excluding hydrogens is 451 g/mol. The zero-order valence-electron chi connectivity index (χ0n) is 18.5. The topological polar surface area (TPSA) is 108 Å². The summed E-state index contributed by atoms with van der Waals surface area (Å²) < 4.78 is 46.1. The van der Waals surface area contributed by atoms with Crippen LogP contribution in [0, 0.1) is 0 Å². The van der Waals surface area contributed by atoms with E-state index in [1.807, 2.05) is 0 Å². The Bertz CT molecular complexity index is 1260. The van der Waals surface area contributed by atoms with Crippen LogP contribution in [0.3, 0.4) is 0 Å². The lowest BCUT2D eigenvalue weighted by atomic mass is 9.83. The Morgan fingerprint density at radius 2 is 1.97 bits per heavy atom. The summed E-state index contributed by atoms with van der Waals surface area (Å²) in [7, 11) is 1.39. The number of phenols is 1. The van der Waals surface area contributed by atoms with Crippen LogP contribution in [0.2, 0.25) is 0 Å². The quantitative estimate of drug-likeness (QED) is 0.381. The van der Waals surface area contributed by atoms with Crippen LogP contribution >= 0.6 is 0 Å². The highest BCUT2D eigenvalue weighted by molar-refractivity contribution is 6.06. The number of hydrogen-bond acceptors (Lipinski definition) is 7. The van der Waals surface area contributed by atoms with Crippen LogP contribution in [0.25, 0.3) is 0 Å². The standard InChI is InChI=1S/C23H22F3N5O3/c1-22(2)18-12(5-4-6-16(18)29-20(22)33)10-27-19-14(23(24,25)26)11-28-21(31-19)30-15-8-7-13(32)9-17(15)34-3/h4-9,11,32H,10H2,1-3H3,(H,29,33)(H2,27,28,30,31). The van der Waals surface area contributed by atoms with Crippen LogP contribution in [0.1, 0.15) is 30.5 Å². The molecule has 4 rings (SSSR count). The Morgan fingerprint density at radius 1 is 1.21 bits per heavy atom.